The molecule has 0 spiro atoms. The maximum atomic E-state index is 3.64. The number of benzene rings is 1. The highest BCUT2D eigenvalue weighted by Crippen LogP contribution is 2.17. The first-order valence-electron chi connectivity index (χ1n) is 7.90. The molecule has 3 heteroatoms. The first kappa shape index (κ1) is 15.3. The van der Waals surface area contributed by atoms with E-state index in [0.29, 0.717) is 6.04 Å². The number of hydrogen-bond donors (Lipinski definition) is 1. The third-order valence-corrected chi connectivity index (χ3v) is 4.24. The molecule has 2 rings (SSSR count). The van der Waals surface area contributed by atoms with Gasteiger partial charge >= 0.3 is 0 Å². The summed E-state index contributed by atoms with van der Waals surface area (Å²) in [6, 6.07) is 9.27. The lowest BCUT2D eigenvalue weighted by atomic mass is 10.1. The Labute approximate surface area is 124 Å². The normalized spacial score (nSPS) is 17.9. The molecule has 0 radical (unpaired) electrons. The van der Waals surface area contributed by atoms with E-state index in [-0.39, 0.29) is 0 Å². The minimum Gasteiger partial charge on any atom is -0.378 e. The fourth-order valence-corrected chi connectivity index (χ4v) is 2.80. The monoisotopic (exact) mass is 275 g/mol. The summed E-state index contributed by atoms with van der Waals surface area (Å²) in [5, 5.41) is 3.64. The first-order valence-corrected chi connectivity index (χ1v) is 7.90. The van der Waals surface area contributed by atoms with Gasteiger partial charge in [-0.1, -0.05) is 18.6 Å². The second-order valence-electron chi connectivity index (χ2n) is 6.06. The molecule has 0 amide bonds. The van der Waals surface area contributed by atoms with Crippen LogP contribution < -0.4 is 10.2 Å². The summed E-state index contributed by atoms with van der Waals surface area (Å²) < 4.78 is 0. The number of nitrogens with zero attached hydrogens (tertiary/aromatic N) is 2. The highest BCUT2D eigenvalue weighted by Gasteiger charge is 2.10. The molecule has 20 heavy (non-hydrogen) atoms. The molecular formula is C17H29N3. The molecule has 1 aliphatic heterocycles. The Morgan fingerprint density at radius 2 is 1.75 bits per heavy atom. The van der Waals surface area contributed by atoms with Crippen LogP contribution in [0.15, 0.2) is 24.3 Å². The number of rotatable bonds is 6. The molecule has 0 aromatic heterocycles. The molecule has 1 N–H and O–H groups in total. The average Bonchev–Trinajstić information content (AvgIpc) is 2.48. The lowest BCUT2D eigenvalue weighted by Crippen LogP contribution is -2.36. The summed E-state index contributed by atoms with van der Waals surface area (Å²) in [6.07, 6.45) is 4.17. The lowest BCUT2D eigenvalue weighted by Gasteiger charge is -2.27. The van der Waals surface area contributed by atoms with E-state index in [9.17, 15) is 0 Å². The molecule has 3 nitrogen and oxygen atoms in total. The lowest BCUT2D eigenvalue weighted by molar-refractivity contribution is 0.227. The van der Waals surface area contributed by atoms with Crippen molar-refractivity contribution in [3.63, 3.8) is 0 Å². The smallest absolute Gasteiger partial charge is 0.0361 e. The summed E-state index contributed by atoms with van der Waals surface area (Å²) in [5.41, 5.74) is 2.63. The molecule has 1 atom stereocenters. The number of piperidine rings is 1. The second-order valence-corrected chi connectivity index (χ2v) is 6.06. The van der Waals surface area contributed by atoms with Crippen LogP contribution in [0.2, 0.25) is 0 Å². The first-order chi connectivity index (χ1) is 9.66. The molecule has 112 valence electrons. The standard InChI is InChI=1S/C17H29N3/c1-15(16-7-9-17(10-8-16)19(2)3)18-11-14-20-12-5-4-6-13-20/h7-10,15,18H,4-6,11-14H2,1-3H3. The van der Waals surface area contributed by atoms with Crippen molar-refractivity contribution in [3.8, 4) is 0 Å². The number of nitrogens with one attached hydrogen (secondary N) is 1. The summed E-state index contributed by atoms with van der Waals surface area (Å²) >= 11 is 0. The SMILES string of the molecule is CC(NCCN1CCCCC1)c1ccc(N(C)C)cc1. The Morgan fingerprint density at radius 1 is 1.10 bits per heavy atom. The Bertz CT molecular complexity index is 380. The van der Waals surface area contributed by atoms with Gasteiger partial charge in [-0.2, -0.15) is 0 Å². The highest BCUT2D eigenvalue weighted by atomic mass is 15.1. The van der Waals surface area contributed by atoms with E-state index in [0.717, 1.165) is 6.54 Å². The molecule has 1 aromatic rings. The van der Waals surface area contributed by atoms with Gasteiger partial charge < -0.3 is 15.1 Å². The van der Waals surface area contributed by atoms with Gasteiger partial charge in [-0.3, -0.25) is 0 Å². The summed E-state index contributed by atoms with van der Waals surface area (Å²) in [6.45, 7) is 7.08. The Morgan fingerprint density at radius 3 is 2.35 bits per heavy atom. The van der Waals surface area contributed by atoms with Gasteiger partial charge in [0.25, 0.3) is 0 Å². The summed E-state index contributed by atoms with van der Waals surface area (Å²) in [7, 11) is 4.16. The van der Waals surface area contributed by atoms with Crippen LogP contribution in [0.4, 0.5) is 5.69 Å². The molecule has 0 aliphatic carbocycles. The van der Waals surface area contributed by atoms with Crippen LogP contribution in [-0.2, 0) is 0 Å². The van der Waals surface area contributed by atoms with Crippen LogP contribution in [-0.4, -0.2) is 45.2 Å². The Hall–Kier alpha value is -1.06. The number of likely N-dealkylation sites (tertiary alicyclic amines) is 1. The molecule has 1 fully saturated rings. The van der Waals surface area contributed by atoms with E-state index < -0.39 is 0 Å². The van der Waals surface area contributed by atoms with Crippen molar-refractivity contribution in [2.45, 2.75) is 32.2 Å². The van der Waals surface area contributed by atoms with Crippen molar-refractivity contribution >= 4 is 5.69 Å². The van der Waals surface area contributed by atoms with Crippen molar-refractivity contribution in [1.29, 1.82) is 0 Å². The predicted molar refractivity (Wildman–Crippen MR) is 87.5 cm³/mol. The van der Waals surface area contributed by atoms with Crippen LogP contribution in [0.1, 0.15) is 37.8 Å². The molecular weight excluding hydrogens is 246 g/mol. The van der Waals surface area contributed by atoms with Crippen molar-refractivity contribution in [2.75, 3.05) is 45.2 Å². The minimum atomic E-state index is 0.427. The molecule has 1 saturated heterocycles. The number of anilines is 1. The van der Waals surface area contributed by atoms with Gasteiger partial charge in [0.15, 0.2) is 0 Å². The van der Waals surface area contributed by atoms with E-state index in [2.05, 4.69) is 60.4 Å². The zero-order valence-corrected chi connectivity index (χ0v) is 13.2. The van der Waals surface area contributed by atoms with E-state index in [1.807, 2.05) is 0 Å². The van der Waals surface area contributed by atoms with Crippen LogP contribution in [0.5, 0.6) is 0 Å². The van der Waals surface area contributed by atoms with Gasteiger partial charge in [-0.05, 0) is 50.6 Å². The maximum Gasteiger partial charge on any atom is 0.0361 e. The van der Waals surface area contributed by atoms with Crippen molar-refractivity contribution in [3.05, 3.63) is 29.8 Å². The summed E-state index contributed by atoms with van der Waals surface area (Å²) in [5.74, 6) is 0. The predicted octanol–water partition coefficient (Wildman–Crippen LogP) is 2.89. The minimum absolute atomic E-state index is 0.427. The third-order valence-electron chi connectivity index (χ3n) is 4.24. The van der Waals surface area contributed by atoms with Crippen molar-refractivity contribution in [2.24, 2.45) is 0 Å². The molecule has 1 aliphatic rings. The third kappa shape index (κ3) is 4.50. The zero-order chi connectivity index (χ0) is 14.4. The second kappa shape index (κ2) is 7.65. The zero-order valence-electron chi connectivity index (χ0n) is 13.2. The molecule has 0 saturated carbocycles. The van der Waals surface area contributed by atoms with Gasteiger partial charge in [0, 0.05) is 38.9 Å². The van der Waals surface area contributed by atoms with Crippen LogP contribution in [0.25, 0.3) is 0 Å². The molecule has 1 aromatic carbocycles. The quantitative estimate of drug-likeness (QED) is 0.861. The fraction of sp³-hybridized carbons (Fsp3) is 0.647. The van der Waals surface area contributed by atoms with Crippen LogP contribution in [0.3, 0.4) is 0 Å². The van der Waals surface area contributed by atoms with Gasteiger partial charge in [-0.25, -0.2) is 0 Å². The molecule has 1 unspecified atom stereocenters. The van der Waals surface area contributed by atoms with Crippen molar-refractivity contribution in [1.82, 2.24) is 10.2 Å². The van der Waals surface area contributed by atoms with E-state index in [4.69, 9.17) is 0 Å². The van der Waals surface area contributed by atoms with Crippen molar-refractivity contribution < 1.29 is 0 Å². The van der Waals surface area contributed by atoms with Gasteiger partial charge in [0.05, 0.1) is 0 Å². The summed E-state index contributed by atoms with van der Waals surface area (Å²) in [4.78, 5) is 4.72. The highest BCUT2D eigenvalue weighted by molar-refractivity contribution is 5.46. The maximum absolute atomic E-state index is 3.64. The Balaban J connectivity index is 1.74. The molecule has 1 heterocycles. The Kier molecular flexibility index (Phi) is 5.86. The van der Waals surface area contributed by atoms with E-state index in [1.54, 1.807) is 0 Å². The molecule has 0 bridgehead atoms. The number of hydrogen-bond acceptors (Lipinski definition) is 3. The topological polar surface area (TPSA) is 18.5 Å². The fourth-order valence-electron chi connectivity index (χ4n) is 2.80. The van der Waals surface area contributed by atoms with E-state index >= 15 is 0 Å². The van der Waals surface area contributed by atoms with Crippen LogP contribution >= 0.6 is 0 Å². The largest absolute Gasteiger partial charge is 0.378 e. The van der Waals surface area contributed by atoms with Gasteiger partial charge in [-0.15, -0.1) is 0 Å². The average molecular weight is 275 g/mol. The van der Waals surface area contributed by atoms with Crippen LogP contribution in [0, 0.1) is 0 Å². The van der Waals surface area contributed by atoms with Gasteiger partial charge in [0.1, 0.15) is 0 Å². The van der Waals surface area contributed by atoms with Gasteiger partial charge in [0.2, 0.25) is 0 Å². The van der Waals surface area contributed by atoms with E-state index in [1.165, 1.54) is 50.1 Å².